The van der Waals surface area contributed by atoms with Crippen molar-refractivity contribution in [2.75, 3.05) is 14.2 Å². The van der Waals surface area contributed by atoms with Crippen molar-refractivity contribution in [1.29, 1.82) is 0 Å². The van der Waals surface area contributed by atoms with Gasteiger partial charge in [-0.15, -0.1) is 0 Å². The van der Waals surface area contributed by atoms with Crippen molar-refractivity contribution in [1.82, 2.24) is 0 Å². The van der Waals surface area contributed by atoms with Gasteiger partial charge in [0, 0.05) is 25.6 Å². The van der Waals surface area contributed by atoms with Crippen LogP contribution in [0.5, 0.6) is 0 Å². The van der Waals surface area contributed by atoms with E-state index < -0.39 is 42.0 Å². The van der Waals surface area contributed by atoms with E-state index in [4.69, 9.17) is 23.7 Å². The van der Waals surface area contributed by atoms with E-state index >= 15 is 0 Å². The number of hydrogen-bond acceptors (Lipinski definition) is 7. The molecule has 126 valence electrons. The first-order valence-corrected chi connectivity index (χ1v) is 7.65. The number of ether oxygens (including phenoxy) is 5. The SMILES string of the molecule is CO[C@]1(C)O[C@@H]2[C@@H](O[C@@]1(C)OC)[C@H](OC(C)=O)C=C(Br)[C@H]2O. The summed E-state index contributed by atoms with van der Waals surface area (Å²) >= 11 is 3.26. The van der Waals surface area contributed by atoms with Crippen LogP contribution in [0.3, 0.4) is 0 Å². The first-order chi connectivity index (χ1) is 10.2. The Bertz CT molecular complexity index is 482. The van der Waals surface area contributed by atoms with Crippen LogP contribution in [0.2, 0.25) is 0 Å². The lowest BCUT2D eigenvalue weighted by Crippen LogP contribution is -2.70. The Morgan fingerprint density at radius 3 is 2.18 bits per heavy atom. The van der Waals surface area contributed by atoms with E-state index in [0.717, 1.165) is 0 Å². The number of fused-ring (bicyclic) bond motifs is 1. The molecule has 1 N–H and O–H groups in total. The summed E-state index contributed by atoms with van der Waals surface area (Å²) in [4.78, 5) is 11.3. The van der Waals surface area contributed by atoms with Crippen LogP contribution < -0.4 is 0 Å². The maximum Gasteiger partial charge on any atom is 0.303 e. The number of halogens is 1. The third-order valence-electron chi connectivity index (χ3n) is 4.19. The summed E-state index contributed by atoms with van der Waals surface area (Å²) < 4.78 is 28.5. The van der Waals surface area contributed by atoms with Gasteiger partial charge in [0.2, 0.25) is 11.6 Å². The maximum atomic E-state index is 11.3. The molecule has 0 unspecified atom stereocenters. The first kappa shape index (κ1) is 17.8. The molecule has 1 aliphatic carbocycles. The molecule has 8 heteroatoms. The molecule has 6 atom stereocenters. The minimum absolute atomic E-state index is 0.459. The standard InChI is InChI=1S/C14H21BrO7/c1-7(16)20-9-6-8(15)10(17)12-11(9)21-13(2,18-4)14(3,19-5)22-12/h6,9-12,17H,1-5H3/t9-,10-,11+,12+,13-,14-/m1/s1. The molecular formula is C14H21BrO7. The average Bonchev–Trinajstić information content (AvgIpc) is 2.46. The molecule has 2 rings (SSSR count). The van der Waals surface area contributed by atoms with Crippen molar-refractivity contribution in [3.63, 3.8) is 0 Å². The number of aliphatic hydroxyl groups is 1. The lowest BCUT2D eigenvalue weighted by Gasteiger charge is -2.54. The van der Waals surface area contributed by atoms with Gasteiger partial charge in [-0.05, 0) is 19.9 Å². The summed E-state index contributed by atoms with van der Waals surface area (Å²) in [5.41, 5.74) is 0. The predicted molar refractivity (Wildman–Crippen MR) is 79.1 cm³/mol. The molecule has 7 nitrogen and oxygen atoms in total. The minimum Gasteiger partial charge on any atom is -0.455 e. The van der Waals surface area contributed by atoms with Crippen LogP contribution in [-0.4, -0.2) is 61.3 Å². The molecule has 1 saturated heterocycles. The average molecular weight is 381 g/mol. The van der Waals surface area contributed by atoms with Gasteiger partial charge in [0.05, 0.1) is 0 Å². The van der Waals surface area contributed by atoms with Crippen molar-refractivity contribution in [2.45, 2.75) is 56.8 Å². The van der Waals surface area contributed by atoms with Gasteiger partial charge in [0.1, 0.15) is 24.4 Å². The van der Waals surface area contributed by atoms with Crippen LogP contribution in [0.25, 0.3) is 0 Å². The fraction of sp³-hybridized carbons (Fsp3) is 0.786. The summed E-state index contributed by atoms with van der Waals surface area (Å²) in [5, 5.41) is 10.3. The van der Waals surface area contributed by atoms with Gasteiger partial charge in [0.25, 0.3) is 0 Å². The topological polar surface area (TPSA) is 83.5 Å². The zero-order chi connectivity index (χ0) is 16.7. The molecule has 0 bridgehead atoms. The van der Waals surface area contributed by atoms with Crippen LogP contribution in [0.4, 0.5) is 0 Å². The van der Waals surface area contributed by atoms with Crippen LogP contribution in [0.15, 0.2) is 10.6 Å². The number of esters is 1. The molecule has 0 amide bonds. The molecule has 0 aromatic rings. The Morgan fingerprint density at radius 1 is 1.23 bits per heavy atom. The zero-order valence-corrected chi connectivity index (χ0v) is 14.7. The van der Waals surface area contributed by atoms with E-state index in [1.54, 1.807) is 19.9 Å². The second kappa shape index (κ2) is 6.18. The van der Waals surface area contributed by atoms with Gasteiger partial charge in [-0.3, -0.25) is 4.79 Å². The molecule has 0 spiro atoms. The number of hydrogen-bond donors (Lipinski definition) is 1. The van der Waals surface area contributed by atoms with E-state index in [1.807, 2.05) is 0 Å². The molecule has 0 aromatic carbocycles. The van der Waals surface area contributed by atoms with Crippen molar-refractivity contribution in [3.8, 4) is 0 Å². The van der Waals surface area contributed by atoms with E-state index in [0.29, 0.717) is 4.48 Å². The zero-order valence-electron chi connectivity index (χ0n) is 13.2. The Balaban J connectivity index is 2.39. The van der Waals surface area contributed by atoms with Crippen LogP contribution in [-0.2, 0) is 28.5 Å². The maximum absolute atomic E-state index is 11.3. The summed E-state index contributed by atoms with van der Waals surface area (Å²) in [6.45, 7) is 4.63. The highest BCUT2D eigenvalue weighted by Gasteiger charge is 2.60. The molecule has 1 aliphatic heterocycles. The summed E-state index contributed by atoms with van der Waals surface area (Å²) in [5.74, 6) is -2.94. The fourth-order valence-corrected chi connectivity index (χ4v) is 3.15. The normalized spacial score (nSPS) is 45.0. The molecule has 22 heavy (non-hydrogen) atoms. The van der Waals surface area contributed by atoms with Gasteiger partial charge >= 0.3 is 5.97 Å². The predicted octanol–water partition coefficient (Wildman–Crippen LogP) is 1.08. The van der Waals surface area contributed by atoms with Crippen LogP contribution >= 0.6 is 15.9 Å². The van der Waals surface area contributed by atoms with Crippen molar-refractivity contribution in [2.24, 2.45) is 0 Å². The minimum atomic E-state index is -1.24. The van der Waals surface area contributed by atoms with Gasteiger partial charge in [0.15, 0.2) is 0 Å². The third-order valence-corrected chi connectivity index (χ3v) is 4.93. The second-order valence-corrected chi connectivity index (χ2v) is 6.45. The summed E-state index contributed by atoms with van der Waals surface area (Å²) in [6.07, 6.45) is -1.60. The largest absolute Gasteiger partial charge is 0.455 e. The molecule has 1 fully saturated rings. The Morgan fingerprint density at radius 2 is 1.73 bits per heavy atom. The fourth-order valence-electron chi connectivity index (χ4n) is 2.63. The lowest BCUT2D eigenvalue weighted by molar-refractivity contribution is -0.458. The molecule has 0 saturated carbocycles. The van der Waals surface area contributed by atoms with E-state index in [9.17, 15) is 9.90 Å². The molecular weight excluding hydrogens is 360 g/mol. The van der Waals surface area contributed by atoms with Crippen LogP contribution in [0, 0.1) is 0 Å². The number of methoxy groups -OCH3 is 2. The molecule has 0 aromatic heterocycles. The van der Waals surface area contributed by atoms with Gasteiger partial charge in [-0.25, -0.2) is 0 Å². The second-order valence-electron chi connectivity index (χ2n) is 5.54. The van der Waals surface area contributed by atoms with Gasteiger partial charge < -0.3 is 28.8 Å². The highest BCUT2D eigenvalue weighted by atomic mass is 79.9. The van der Waals surface area contributed by atoms with Crippen LogP contribution in [0.1, 0.15) is 20.8 Å². The van der Waals surface area contributed by atoms with Crippen molar-refractivity contribution >= 4 is 21.9 Å². The lowest BCUT2D eigenvalue weighted by atomic mass is 9.92. The highest BCUT2D eigenvalue weighted by Crippen LogP contribution is 2.44. The monoisotopic (exact) mass is 380 g/mol. The Hall–Kier alpha value is -0.510. The molecule has 1 heterocycles. The van der Waals surface area contributed by atoms with E-state index in [1.165, 1.54) is 21.1 Å². The Kier molecular flexibility index (Phi) is 5.01. The Labute approximate surface area is 137 Å². The molecule has 0 radical (unpaired) electrons. The van der Waals surface area contributed by atoms with Crippen molar-refractivity contribution in [3.05, 3.63) is 10.6 Å². The smallest absolute Gasteiger partial charge is 0.303 e. The quantitative estimate of drug-likeness (QED) is 0.733. The van der Waals surface area contributed by atoms with E-state index in [2.05, 4.69) is 15.9 Å². The highest BCUT2D eigenvalue weighted by molar-refractivity contribution is 9.11. The third kappa shape index (κ3) is 2.83. The van der Waals surface area contributed by atoms with Crippen molar-refractivity contribution < 1.29 is 33.6 Å². The summed E-state index contributed by atoms with van der Waals surface area (Å²) in [7, 11) is 2.93. The van der Waals surface area contributed by atoms with Gasteiger partial charge in [-0.1, -0.05) is 15.9 Å². The number of carbonyl (C=O) groups is 1. The number of rotatable bonds is 3. The molecule has 2 aliphatic rings. The van der Waals surface area contributed by atoms with E-state index in [-0.39, 0.29) is 0 Å². The first-order valence-electron chi connectivity index (χ1n) is 6.86. The number of carbonyl (C=O) groups excluding carboxylic acids is 1. The van der Waals surface area contributed by atoms with Gasteiger partial charge in [-0.2, -0.15) is 0 Å². The summed E-state index contributed by atoms with van der Waals surface area (Å²) in [6, 6.07) is 0. The number of aliphatic hydroxyl groups excluding tert-OH is 1.